The van der Waals surface area contributed by atoms with E-state index in [9.17, 15) is 4.79 Å². The van der Waals surface area contributed by atoms with E-state index in [1.807, 2.05) is 45.0 Å². The van der Waals surface area contributed by atoms with Gasteiger partial charge in [-0.15, -0.1) is 16.4 Å². The summed E-state index contributed by atoms with van der Waals surface area (Å²) in [4.78, 5) is 17.6. The second-order valence-electron chi connectivity index (χ2n) is 6.41. The van der Waals surface area contributed by atoms with Crippen molar-refractivity contribution in [2.24, 2.45) is 0 Å². The Labute approximate surface area is 168 Å². The molecule has 0 aliphatic heterocycles. The average molecular weight is 400 g/mol. The Balaban J connectivity index is 1.84. The molecule has 0 saturated heterocycles. The fourth-order valence-corrected chi connectivity index (χ4v) is 3.81. The number of nitrogens with zero attached hydrogens (tertiary/aromatic N) is 4. The number of thiazole rings is 1. The van der Waals surface area contributed by atoms with Crippen LogP contribution in [-0.2, 0) is 0 Å². The molecule has 0 atom stereocenters. The van der Waals surface area contributed by atoms with Gasteiger partial charge in [0, 0.05) is 6.54 Å². The molecule has 0 aliphatic rings. The van der Waals surface area contributed by atoms with Crippen molar-refractivity contribution in [3.8, 4) is 22.1 Å². The molecule has 3 aromatic rings. The molecule has 28 heavy (non-hydrogen) atoms. The normalized spacial score (nSPS) is 10.9. The standard InChI is InChI=1S/C20H25N5O2S/c1-5-7-12-21-19(26)18-13(3)22-20(28-18)17-14(4)25(24-23-17)15-8-10-16(11-9-15)27-6-2/h8-11H,5-7,12H2,1-4H3,(H,21,26). The van der Waals surface area contributed by atoms with Gasteiger partial charge in [0.25, 0.3) is 5.91 Å². The van der Waals surface area contributed by atoms with Crippen LogP contribution >= 0.6 is 11.3 Å². The first-order chi connectivity index (χ1) is 13.5. The average Bonchev–Trinajstić information content (AvgIpc) is 3.25. The van der Waals surface area contributed by atoms with Crippen molar-refractivity contribution in [1.82, 2.24) is 25.3 Å². The molecule has 2 aromatic heterocycles. The monoisotopic (exact) mass is 399 g/mol. The van der Waals surface area contributed by atoms with Crippen molar-refractivity contribution in [3.63, 3.8) is 0 Å². The molecule has 0 unspecified atom stereocenters. The predicted molar refractivity (Wildman–Crippen MR) is 110 cm³/mol. The molecule has 3 rings (SSSR count). The maximum Gasteiger partial charge on any atom is 0.263 e. The number of carbonyl (C=O) groups is 1. The van der Waals surface area contributed by atoms with E-state index in [1.54, 1.807) is 4.68 Å². The minimum atomic E-state index is -0.0775. The summed E-state index contributed by atoms with van der Waals surface area (Å²) in [6.07, 6.45) is 2.01. The zero-order valence-electron chi connectivity index (χ0n) is 16.7. The molecule has 1 N–H and O–H groups in total. The first-order valence-electron chi connectivity index (χ1n) is 9.46. The maximum absolute atomic E-state index is 12.4. The largest absolute Gasteiger partial charge is 0.494 e. The summed E-state index contributed by atoms with van der Waals surface area (Å²) in [6, 6.07) is 7.70. The fourth-order valence-electron chi connectivity index (χ4n) is 2.79. The van der Waals surface area contributed by atoms with Crippen LogP contribution < -0.4 is 10.1 Å². The van der Waals surface area contributed by atoms with E-state index >= 15 is 0 Å². The van der Waals surface area contributed by atoms with Gasteiger partial charge in [-0.25, -0.2) is 9.67 Å². The molecular formula is C20H25N5O2S. The smallest absolute Gasteiger partial charge is 0.263 e. The van der Waals surface area contributed by atoms with E-state index in [2.05, 4.69) is 27.5 Å². The molecule has 0 bridgehead atoms. The van der Waals surface area contributed by atoms with Gasteiger partial charge in [-0.1, -0.05) is 18.6 Å². The van der Waals surface area contributed by atoms with E-state index in [0.717, 1.165) is 30.0 Å². The molecule has 148 valence electrons. The highest BCUT2D eigenvalue weighted by atomic mass is 32.1. The van der Waals surface area contributed by atoms with Gasteiger partial charge in [0.1, 0.15) is 21.3 Å². The third kappa shape index (κ3) is 4.22. The lowest BCUT2D eigenvalue weighted by molar-refractivity contribution is 0.0956. The number of hydrogen-bond acceptors (Lipinski definition) is 6. The highest BCUT2D eigenvalue weighted by Crippen LogP contribution is 2.29. The molecule has 0 fully saturated rings. The number of aromatic nitrogens is 4. The van der Waals surface area contributed by atoms with E-state index in [1.165, 1.54) is 11.3 Å². The van der Waals surface area contributed by atoms with Gasteiger partial charge in [0.2, 0.25) is 0 Å². The molecular weight excluding hydrogens is 374 g/mol. The molecule has 0 spiro atoms. The van der Waals surface area contributed by atoms with Crippen molar-refractivity contribution in [3.05, 3.63) is 40.5 Å². The molecule has 7 nitrogen and oxygen atoms in total. The van der Waals surface area contributed by atoms with Gasteiger partial charge < -0.3 is 10.1 Å². The number of nitrogens with one attached hydrogen (secondary N) is 1. The summed E-state index contributed by atoms with van der Waals surface area (Å²) in [5.74, 6) is 0.741. The lowest BCUT2D eigenvalue weighted by atomic mass is 10.3. The third-order valence-corrected chi connectivity index (χ3v) is 5.47. The minimum absolute atomic E-state index is 0.0775. The third-order valence-electron chi connectivity index (χ3n) is 4.31. The SMILES string of the molecule is CCCCNC(=O)c1sc(-c2nnn(-c3ccc(OCC)cc3)c2C)nc1C. The second-order valence-corrected chi connectivity index (χ2v) is 7.40. The van der Waals surface area contributed by atoms with E-state index < -0.39 is 0 Å². The molecule has 0 radical (unpaired) electrons. The van der Waals surface area contributed by atoms with E-state index in [-0.39, 0.29) is 5.91 Å². The van der Waals surface area contributed by atoms with Gasteiger partial charge in [-0.05, 0) is 51.5 Å². The zero-order chi connectivity index (χ0) is 20.1. The van der Waals surface area contributed by atoms with Gasteiger partial charge in [-0.2, -0.15) is 0 Å². The maximum atomic E-state index is 12.4. The lowest BCUT2D eigenvalue weighted by Gasteiger charge is -2.06. The van der Waals surface area contributed by atoms with Gasteiger partial charge >= 0.3 is 0 Å². The molecule has 0 saturated carbocycles. The van der Waals surface area contributed by atoms with Gasteiger partial charge in [-0.3, -0.25) is 4.79 Å². The van der Waals surface area contributed by atoms with Gasteiger partial charge in [0.15, 0.2) is 0 Å². The number of amides is 1. The number of aryl methyl sites for hydroxylation is 1. The molecule has 1 aromatic carbocycles. The van der Waals surface area contributed by atoms with Crippen molar-refractivity contribution >= 4 is 17.2 Å². The van der Waals surface area contributed by atoms with Crippen molar-refractivity contribution in [2.75, 3.05) is 13.2 Å². The summed E-state index contributed by atoms with van der Waals surface area (Å²) in [6.45, 7) is 9.15. The fraction of sp³-hybridized carbons (Fsp3) is 0.400. The minimum Gasteiger partial charge on any atom is -0.494 e. The number of carbonyl (C=O) groups excluding carboxylic acids is 1. The summed E-state index contributed by atoms with van der Waals surface area (Å²) in [7, 11) is 0. The number of benzene rings is 1. The predicted octanol–water partition coefficient (Wildman–Crippen LogP) is 3.94. The molecule has 1 amide bonds. The van der Waals surface area contributed by atoms with Crippen LogP contribution in [0.25, 0.3) is 16.4 Å². The molecule has 8 heteroatoms. The molecule has 0 aliphatic carbocycles. The van der Waals surface area contributed by atoms with Crippen molar-refractivity contribution in [2.45, 2.75) is 40.5 Å². The number of hydrogen-bond donors (Lipinski definition) is 1. The van der Waals surface area contributed by atoms with Crippen LogP contribution in [0, 0.1) is 13.8 Å². The Kier molecular flexibility index (Phi) is 6.41. The Morgan fingerprint density at radius 2 is 1.96 bits per heavy atom. The van der Waals surface area contributed by atoms with Gasteiger partial charge in [0.05, 0.1) is 23.7 Å². The summed E-state index contributed by atoms with van der Waals surface area (Å²) in [5, 5.41) is 12.2. The van der Waals surface area contributed by atoms with E-state index in [4.69, 9.17) is 4.74 Å². The van der Waals surface area contributed by atoms with Crippen molar-refractivity contribution < 1.29 is 9.53 Å². The van der Waals surface area contributed by atoms with Crippen LogP contribution in [0.1, 0.15) is 47.7 Å². The Hall–Kier alpha value is -2.74. The highest BCUT2D eigenvalue weighted by Gasteiger charge is 2.20. The first-order valence-corrected chi connectivity index (χ1v) is 10.3. The summed E-state index contributed by atoms with van der Waals surface area (Å²) >= 11 is 1.35. The lowest BCUT2D eigenvalue weighted by Crippen LogP contribution is -2.24. The van der Waals surface area contributed by atoms with Crippen LogP contribution in [0.5, 0.6) is 5.75 Å². The highest BCUT2D eigenvalue weighted by molar-refractivity contribution is 7.17. The first kappa shape index (κ1) is 20.0. The van der Waals surface area contributed by atoms with Crippen LogP contribution in [0.3, 0.4) is 0 Å². The van der Waals surface area contributed by atoms with E-state index in [0.29, 0.717) is 34.4 Å². The van der Waals surface area contributed by atoms with Crippen LogP contribution in [-0.4, -0.2) is 39.0 Å². The van der Waals surface area contributed by atoms with Crippen LogP contribution in [0.2, 0.25) is 0 Å². The summed E-state index contributed by atoms with van der Waals surface area (Å²) in [5.41, 5.74) is 3.17. The summed E-state index contributed by atoms with van der Waals surface area (Å²) < 4.78 is 7.25. The van der Waals surface area contributed by atoms with Crippen molar-refractivity contribution in [1.29, 1.82) is 0 Å². The Bertz CT molecular complexity index is 946. The zero-order valence-corrected chi connectivity index (χ0v) is 17.5. The number of unbranched alkanes of at least 4 members (excludes halogenated alkanes) is 1. The topological polar surface area (TPSA) is 81.9 Å². The number of ether oxygens (including phenoxy) is 1. The quantitative estimate of drug-likeness (QED) is 0.580. The second kappa shape index (κ2) is 8.97. The Morgan fingerprint density at radius 3 is 2.64 bits per heavy atom. The van der Waals surface area contributed by atoms with Crippen LogP contribution in [0.15, 0.2) is 24.3 Å². The van der Waals surface area contributed by atoms with Crippen LogP contribution in [0.4, 0.5) is 0 Å². The molecule has 2 heterocycles. The number of rotatable bonds is 8. The Morgan fingerprint density at radius 1 is 1.21 bits per heavy atom.